The molecule has 114 valence electrons. The van der Waals surface area contributed by atoms with Gasteiger partial charge in [0.25, 0.3) is 0 Å². The third-order valence-corrected chi connectivity index (χ3v) is 4.62. The number of hydrogen-bond donors (Lipinski definition) is 2. The molecular formula is C14H27N5S. The summed E-state index contributed by atoms with van der Waals surface area (Å²) in [4.78, 5) is 12.2. The Labute approximate surface area is 126 Å². The standard InChI is InChI=1S/C14H27N5S/c1-7-11-8-16-12(20-11)9-17-13(15-4)18-10-14(2,3)19(5)6/h8H,7,9-10H2,1-6H3,(H2,15,17,18). The molecule has 0 radical (unpaired) electrons. The van der Waals surface area contributed by atoms with Gasteiger partial charge in [-0.1, -0.05) is 6.92 Å². The van der Waals surface area contributed by atoms with E-state index in [1.54, 1.807) is 18.4 Å². The molecule has 0 aliphatic heterocycles. The van der Waals surface area contributed by atoms with Crippen LogP contribution in [-0.4, -0.2) is 49.1 Å². The highest BCUT2D eigenvalue weighted by Gasteiger charge is 2.20. The zero-order valence-corrected chi connectivity index (χ0v) is 14.3. The van der Waals surface area contributed by atoms with Crippen LogP contribution in [0, 0.1) is 0 Å². The van der Waals surface area contributed by atoms with Crippen LogP contribution in [0.15, 0.2) is 11.2 Å². The third kappa shape index (κ3) is 5.09. The summed E-state index contributed by atoms with van der Waals surface area (Å²) in [7, 11) is 5.96. The maximum atomic E-state index is 4.40. The van der Waals surface area contributed by atoms with Gasteiger partial charge in [-0.25, -0.2) is 4.98 Å². The summed E-state index contributed by atoms with van der Waals surface area (Å²) in [6, 6.07) is 0. The highest BCUT2D eigenvalue weighted by atomic mass is 32.1. The summed E-state index contributed by atoms with van der Waals surface area (Å²) in [6.45, 7) is 8.09. The molecule has 0 aromatic carbocycles. The van der Waals surface area contributed by atoms with Gasteiger partial charge in [-0.05, 0) is 34.4 Å². The first-order valence-corrected chi connectivity index (χ1v) is 7.76. The molecule has 6 heteroatoms. The molecule has 1 heterocycles. The lowest BCUT2D eigenvalue weighted by atomic mass is 10.0. The summed E-state index contributed by atoms with van der Waals surface area (Å²) < 4.78 is 0. The number of aromatic nitrogens is 1. The molecule has 0 aliphatic carbocycles. The monoisotopic (exact) mass is 297 g/mol. The van der Waals surface area contributed by atoms with E-state index in [0.717, 1.165) is 23.9 Å². The molecule has 0 amide bonds. The SMILES string of the molecule is CCc1cnc(CNC(=NC)NCC(C)(C)N(C)C)s1. The molecule has 1 aromatic rings. The zero-order chi connectivity index (χ0) is 15.2. The maximum absolute atomic E-state index is 4.40. The summed E-state index contributed by atoms with van der Waals surface area (Å²) in [5.41, 5.74) is 0.0776. The van der Waals surface area contributed by atoms with Gasteiger partial charge >= 0.3 is 0 Å². The molecule has 0 spiro atoms. The molecule has 2 N–H and O–H groups in total. The number of likely N-dealkylation sites (N-methyl/N-ethyl adjacent to an activating group) is 1. The Morgan fingerprint density at radius 1 is 1.40 bits per heavy atom. The van der Waals surface area contributed by atoms with E-state index >= 15 is 0 Å². The Morgan fingerprint density at radius 3 is 2.60 bits per heavy atom. The van der Waals surface area contributed by atoms with Gasteiger partial charge in [0, 0.05) is 30.2 Å². The van der Waals surface area contributed by atoms with Gasteiger partial charge in [-0.3, -0.25) is 4.99 Å². The molecule has 0 saturated heterocycles. The van der Waals surface area contributed by atoms with Crippen LogP contribution < -0.4 is 10.6 Å². The molecule has 0 bridgehead atoms. The maximum Gasteiger partial charge on any atom is 0.191 e. The number of aliphatic imine (C=N–C) groups is 1. The molecule has 1 aromatic heterocycles. The lowest BCUT2D eigenvalue weighted by molar-refractivity contribution is 0.197. The lowest BCUT2D eigenvalue weighted by Gasteiger charge is -2.33. The van der Waals surface area contributed by atoms with E-state index in [9.17, 15) is 0 Å². The average molecular weight is 297 g/mol. The van der Waals surface area contributed by atoms with Crippen LogP contribution in [0.25, 0.3) is 0 Å². The molecule has 0 aliphatic rings. The Hall–Kier alpha value is -1.14. The van der Waals surface area contributed by atoms with Gasteiger partial charge in [0.1, 0.15) is 5.01 Å². The van der Waals surface area contributed by atoms with Crippen molar-refractivity contribution in [3.8, 4) is 0 Å². The second kappa shape index (κ2) is 7.59. The predicted molar refractivity (Wildman–Crippen MR) is 87.5 cm³/mol. The van der Waals surface area contributed by atoms with Crippen molar-refractivity contribution in [3.63, 3.8) is 0 Å². The quantitative estimate of drug-likeness (QED) is 0.620. The van der Waals surface area contributed by atoms with Gasteiger partial charge in [-0.2, -0.15) is 0 Å². The highest BCUT2D eigenvalue weighted by molar-refractivity contribution is 7.11. The molecule has 0 fully saturated rings. The van der Waals surface area contributed by atoms with Crippen LogP contribution in [0.4, 0.5) is 0 Å². The second-order valence-electron chi connectivity index (χ2n) is 5.56. The molecule has 0 unspecified atom stereocenters. The van der Waals surface area contributed by atoms with E-state index in [1.165, 1.54) is 4.88 Å². The van der Waals surface area contributed by atoms with E-state index in [1.807, 2.05) is 6.20 Å². The Bertz CT molecular complexity index is 437. The van der Waals surface area contributed by atoms with Gasteiger partial charge < -0.3 is 15.5 Å². The topological polar surface area (TPSA) is 52.6 Å². The minimum absolute atomic E-state index is 0.0776. The van der Waals surface area contributed by atoms with E-state index in [4.69, 9.17) is 0 Å². The number of thiazole rings is 1. The van der Waals surface area contributed by atoms with E-state index < -0.39 is 0 Å². The summed E-state index contributed by atoms with van der Waals surface area (Å²) in [5, 5.41) is 7.75. The van der Waals surface area contributed by atoms with Crippen LogP contribution in [-0.2, 0) is 13.0 Å². The third-order valence-electron chi connectivity index (χ3n) is 3.48. The van der Waals surface area contributed by atoms with Crippen molar-refractivity contribution < 1.29 is 0 Å². The summed E-state index contributed by atoms with van der Waals surface area (Å²) in [5.74, 6) is 0.813. The first-order chi connectivity index (χ1) is 9.39. The van der Waals surface area contributed by atoms with Crippen molar-refractivity contribution in [2.45, 2.75) is 39.3 Å². The zero-order valence-electron chi connectivity index (χ0n) is 13.4. The van der Waals surface area contributed by atoms with Crippen LogP contribution in [0.3, 0.4) is 0 Å². The second-order valence-corrected chi connectivity index (χ2v) is 6.76. The molecule has 0 atom stereocenters. The van der Waals surface area contributed by atoms with Crippen LogP contribution >= 0.6 is 11.3 Å². The number of aryl methyl sites for hydroxylation is 1. The van der Waals surface area contributed by atoms with Crippen molar-refractivity contribution in [2.75, 3.05) is 27.7 Å². The molecule has 0 saturated carbocycles. The lowest BCUT2D eigenvalue weighted by Crippen LogP contribution is -2.50. The van der Waals surface area contributed by atoms with Gasteiger partial charge in [0.15, 0.2) is 5.96 Å². The fraction of sp³-hybridized carbons (Fsp3) is 0.714. The van der Waals surface area contributed by atoms with Gasteiger partial charge in [0.2, 0.25) is 0 Å². The summed E-state index contributed by atoms with van der Waals surface area (Å²) in [6.07, 6.45) is 2.99. The van der Waals surface area contributed by atoms with E-state index in [0.29, 0.717) is 6.54 Å². The predicted octanol–water partition coefficient (Wildman–Crippen LogP) is 1.71. The van der Waals surface area contributed by atoms with Gasteiger partial charge in [-0.15, -0.1) is 11.3 Å². The smallest absolute Gasteiger partial charge is 0.191 e. The van der Waals surface area contributed by atoms with Crippen molar-refractivity contribution in [2.24, 2.45) is 4.99 Å². The fourth-order valence-corrected chi connectivity index (χ4v) is 2.23. The number of rotatable bonds is 6. The first kappa shape index (κ1) is 16.9. The van der Waals surface area contributed by atoms with Crippen LogP contribution in [0.5, 0.6) is 0 Å². The molecular weight excluding hydrogens is 270 g/mol. The minimum Gasteiger partial charge on any atom is -0.355 e. The molecule has 20 heavy (non-hydrogen) atoms. The van der Waals surface area contributed by atoms with E-state index in [-0.39, 0.29) is 5.54 Å². The minimum atomic E-state index is 0.0776. The molecule has 5 nitrogen and oxygen atoms in total. The van der Waals surface area contributed by atoms with Crippen molar-refractivity contribution >= 4 is 17.3 Å². The highest BCUT2D eigenvalue weighted by Crippen LogP contribution is 2.12. The fourth-order valence-electron chi connectivity index (χ4n) is 1.43. The Balaban J connectivity index is 2.44. The number of hydrogen-bond acceptors (Lipinski definition) is 4. The van der Waals surface area contributed by atoms with Gasteiger partial charge in [0.05, 0.1) is 6.54 Å². The normalized spacial score (nSPS) is 12.8. The number of guanidine groups is 1. The number of nitrogens with one attached hydrogen (secondary N) is 2. The average Bonchev–Trinajstić information content (AvgIpc) is 2.86. The molecule has 1 rings (SSSR count). The van der Waals surface area contributed by atoms with E-state index in [2.05, 4.69) is 60.4 Å². The number of nitrogens with zero attached hydrogens (tertiary/aromatic N) is 3. The Morgan fingerprint density at radius 2 is 2.10 bits per heavy atom. The van der Waals surface area contributed by atoms with Crippen molar-refractivity contribution in [3.05, 3.63) is 16.1 Å². The largest absolute Gasteiger partial charge is 0.355 e. The first-order valence-electron chi connectivity index (χ1n) is 6.94. The Kier molecular flexibility index (Phi) is 6.42. The van der Waals surface area contributed by atoms with Crippen molar-refractivity contribution in [1.29, 1.82) is 0 Å². The van der Waals surface area contributed by atoms with Crippen LogP contribution in [0.2, 0.25) is 0 Å². The van der Waals surface area contributed by atoms with Crippen molar-refractivity contribution in [1.82, 2.24) is 20.5 Å². The summed E-state index contributed by atoms with van der Waals surface area (Å²) >= 11 is 1.75. The van der Waals surface area contributed by atoms with Crippen LogP contribution in [0.1, 0.15) is 30.7 Å².